The Balaban J connectivity index is 2.17. The van der Waals surface area contributed by atoms with Crippen LogP contribution in [0.25, 0.3) is 0 Å². The highest BCUT2D eigenvalue weighted by Crippen LogP contribution is 2.19. The number of carbonyl (C=O) groups excluding carboxylic acids is 1. The molecule has 2 N–H and O–H groups in total. The van der Waals surface area contributed by atoms with Gasteiger partial charge < -0.3 is 15.4 Å². The normalized spacial score (nSPS) is 10.9. The van der Waals surface area contributed by atoms with Crippen LogP contribution in [0.3, 0.4) is 0 Å². The molecule has 1 aromatic carbocycles. The smallest absolute Gasteiger partial charge is 0.337 e. The number of rotatable bonds is 4. The highest BCUT2D eigenvalue weighted by molar-refractivity contribution is 5.90. The van der Waals surface area contributed by atoms with Crippen molar-refractivity contribution in [2.75, 3.05) is 17.7 Å². The van der Waals surface area contributed by atoms with Gasteiger partial charge in [0.05, 0.1) is 12.7 Å². The van der Waals surface area contributed by atoms with Crippen LogP contribution in [0.1, 0.15) is 31.1 Å². The zero-order chi connectivity index (χ0) is 16.2. The number of carbonyl (C=O) groups is 1. The van der Waals surface area contributed by atoms with Crippen LogP contribution in [-0.4, -0.2) is 28.6 Å². The summed E-state index contributed by atoms with van der Waals surface area (Å²) in [6.07, 6.45) is 1.49. The topological polar surface area (TPSA) is 76.1 Å². The van der Waals surface area contributed by atoms with Crippen molar-refractivity contribution in [2.45, 2.75) is 26.3 Å². The fourth-order valence-electron chi connectivity index (χ4n) is 1.87. The van der Waals surface area contributed by atoms with Gasteiger partial charge in [0, 0.05) is 17.3 Å². The molecule has 0 unspecified atom stereocenters. The van der Waals surface area contributed by atoms with E-state index < -0.39 is 0 Å². The van der Waals surface area contributed by atoms with Crippen molar-refractivity contribution in [2.24, 2.45) is 0 Å². The molecule has 0 fully saturated rings. The summed E-state index contributed by atoms with van der Waals surface area (Å²) in [5, 5.41) is 6.43. The van der Waals surface area contributed by atoms with E-state index in [2.05, 4.69) is 41.4 Å². The predicted octanol–water partition coefficient (Wildman–Crippen LogP) is 3.22. The lowest BCUT2D eigenvalue weighted by Gasteiger charge is -2.21. The predicted molar refractivity (Wildman–Crippen MR) is 86.5 cm³/mol. The lowest BCUT2D eigenvalue weighted by atomic mass is 10.1. The molecule has 0 aliphatic heterocycles. The van der Waals surface area contributed by atoms with Gasteiger partial charge in [0.2, 0.25) is 0 Å². The first-order chi connectivity index (χ1) is 10.4. The monoisotopic (exact) mass is 300 g/mol. The van der Waals surface area contributed by atoms with E-state index in [-0.39, 0.29) is 11.5 Å². The van der Waals surface area contributed by atoms with Crippen LogP contribution < -0.4 is 10.6 Å². The Hall–Kier alpha value is -2.63. The highest BCUT2D eigenvalue weighted by atomic mass is 16.5. The second-order valence-corrected chi connectivity index (χ2v) is 5.86. The molecule has 2 aromatic rings. The van der Waals surface area contributed by atoms with Gasteiger partial charge in [-0.2, -0.15) is 0 Å². The lowest BCUT2D eigenvalue weighted by Crippen LogP contribution is -2.26. The molecule has 0 bridgehead atoms. The summed E-state index contributed by atoms with van der Waals surface area (Å²) < 4.78 is 4.71. The quantitative estimate of drug-likeness (QED) is 0.844. The minimum absolute atomic E-state index is 0.0869. The molecular formula is C16H20N4O2. The van der Waals surface area contributed by atoms with E-state index in [0.29, 0.717) is 11.4 Å². The van der Waals surface area contributed by atoms with Crippen molar-refractivity contribution in [3.05, 3.63) is 42.2 Å². The molecule has 0 aliphatic carbocycles. The van der Waals surface area contributed by atoms with E-state index in [1.165, 1.54) is 13.4 Å². The van der Waals surface area contributed by atoms with Crippen molar-refractivity contribution in [1.82, 2.24) is 9.97 Å². The molecule has 0 radical (unpaired) electrons. The molecule has 1 heterocycles. The second kappa shape index (κ2) is 6.43. The van der Waals surface area contributed by atoms with Crippen molar-refractivity contribution in [3.63, 3.8) is 0 Å². The minimum Gasteiger partial charge on any atom is -0.465 e. The maximum atomic E-state index is 11.5. The molecule has 0 saturated carbocycles. The zero-order valence-electron chi connectivity index (χ0n) is 13.2. The number of anilines is 3. The summed E-state index contributed by atoms with van der Waals surface area (Å²) in [6, 6.07) is 8.86. The summed E-state index contributed by atoms with van der Waals surface area (Å²) in [5.41, 5.74) is 1.15. The van der Waals surface area contributed by atoms with E-state index >= 15 is 0 Å². The van der Waals surface area contributed by atoms with Crippen molar-refractivity contribution < 1.29 is 9.53 Å². The lowest BCUT2D eigenvalue weighted by molar-refractivity contribution is 0.0601. The summed E-state index contributed by atoms with van der Waals surface area (Å²) in [5.74, 6) is 0.999. The Morgan fingerprint density at radius 1 is 1.14 bits per heavy atom. The van der Waals surface area contributed by atoms with Gasteiger partial charge in [-0.25, -0.2) is 14.8 Å². The average molecular weight is 300 g/mol. The Morgan fingerprint density at radius 2 is 1.86 bits per heavy atom. The number of esters is 1. The van der Waals surface area contributed by atoms with Crippen molar-refractivity contribution in [3.8, 4) is 0 Å². The van der Waals surface area contributed by atoms with E-state index in [4.69, 9.17) is 4.74 Å². The number of hydrogen-bond donors (Lipinski definition) is 2. The number of nitrogens with zero attached hydrogens (tertiary/aromatic N) is 2. The number of benzene rings is 1. The summed E-state index contributed by atoms with van der Waals surface area (Å²) >= 11 is 0. The third-order valence-corrected chi connectivity index (χ3v) is 2.73. The molecule has 0 saturated heterocycles. The third-order valence-electron chi connectivity index (χ3n) is 2.73. The minimum atomic E-state index is -0.374. The number of aromatic nitrogens is 2. The third kappa shape index (κ3) is 4.44. The fraction of sp³-hybridized carbons (Fsp3) is 0.312. The van der Waals surface area contributed by atoms with Crippen LogP contribution in [0, 0.1) is 0 Å². The van der Waals surface area contributed by atoms with Gasteiger partial charge in [-0.05, 0) is 39.0 Å². The number of hydrogen-bond acceptors (Lipinski definition) is 6. The first-order valence-electron chi connectivity index (χ1n) is 6.93. The standard InChI is InChI=1S/C16H20N4O2/c1-16(2,3)20-14-9-13(17-10-18-14)19-12-7-5-6-11(8-12)15(21)22-4/h5-10H,1-4H3,(H2,17,18,19,20). The summed E-state index contributed by atoms with van der Waals surface area (Å²) in [7, 11) is 1.36. The fourth-order valence-corrected chi connectivity index (χ4v) is 1.87. The first-order valence-corrected chi connectivity index (χ1v) is 6.93. The van der Waals surface area contributed by atoms with Gasteiger partial charge in [-0.15, -0.1) is 0 Å². The highest BCUT2D eigenvalue weighted by Gasteiger charge is 2.11. The Labute approximate surface area is 129 Å². The van der Waals surface area contributed by atoms with E-state index in [1.807, 2.05) is 12.1 Å². The van der Waals surface area contributed by atoms with Gasteiger partial charge in [-0.1, -0.05) is 6.07 Å². The molecule has 0 spiro atoms. The molecule has 1 aromatic heterocycles. The maximum absolute atomic E-state index is 11.5. The summed E-state index contributed by atoms with van der Waals surface area (Å²) in [6.45, 7) is 6.17. The van der Waals surface area contributed by atoms with Crippen LogP contribution in [0.2, 0.25) is 0 Å². The second-order valence-electron chi connectivity index (χ2n) is 5.86. The first kappa shape index (κ1) is 15.8. The van der Waals surface area contributed by atoms with Gasteiger partial charge in [0.25, 0.3) is 0 Å². The number of methoxy groups -OCH3 is 1. The number of ether oxygens (including phenoxy) is 1. The SMILES string of the molecule is COC(=O)c1cccc(Nc2cc(NC(C)(C)C)ncn2)c1. The van der Waals surface area contributed by atoms with Crippen LogP contribution >= 0.6 is 0 Å². The van der Waals surface area contributed by atoms with Crippen LogP contribution in [-0.2, 0) is 4.74 Å². The molecule has 2 rings (SSSR count). The maximum Gasteiger partial charge on any atom is 0.337 e. The molecule has 116 valence electrons. The van der Waals surface area contributed by atoms with Crippen molar-refractivity contribution in [1.29, 1.82) is 0 Å². The van der Waals surface area contributed by atoms with E-state index in [0.717, 1.165) is 11.5 Å². The van der Waals surface area contributed by atoms with Crippen LogP contribution in [0.15, 0.2) is 36.7 Å². The molecule has 0 amide bonds. The van der Waals surface area contributed by atoms with Gasteiger partial charge >= 0.3 is 5.97 Å². The van der Waals surface area contributed by atoms with Gasteiger partial charge in [-0.3, -0.25) is 0 Å². The zero-order valence-corrected chi connectivity index (χ0v) is 13.2. The van der Waals surface area contributed by atoms with Gasteiger partial charge in [0.15, 0.2) is 0 Å². The van der Waals surface area contributed by atoms with Crippen LogP contribution in [0.4, 0.5) is 17.3 Å². The Morgan fingerprint density at radius 3 is 2.55 bits per heavy atom. The molecule has 0 atom stereocenters. The largest absolute Gasteiger partial charge is 0.465 e. The van der Waals surface area contributed by atoms with Crippen molar-refractivity contribution >= 4 is 23.3 Å². The summed E-state index contributed by atoms with van der Waals surface area (Å²) in [4.78, 5) is 19.9. The van der Waals surface area contributed by atoms with Gasteiger partial charge in [0.1, 0.15) is 18.0 Å². The molecule has 6 heteroatoms. The Bertz CT molecular complexity index is 665. The van der Waals surface area contributed by atoms with Crippen LogP contribution in [0.5, 0.6) is 0 Å². The molecule has 0 aliphatic rings. The molecule has 22 heavy (non-hydrogen) atoms. The molecule has 6 nitrogen and oxygen atoms in total. The van der Waals surface area contributed by atoms with E-state index in [1.54, 1.807) is 18.2 Å². The average Bonchev–Trinajstić information content (AvgIpc) is 2.45. The number of nitrogens with one attached hydrogen (secondary N) is 2. The van der Waals surface area contributed by atoms with E-state index in [9.17, 15) is 4.79 Å². The Kier molecular flexibility index (Phi) is 4.60. The molecular weight excluding hydrogens is 280 g/mol.